The minimum atomic E-state index is -0.718. The summed E-state index contributed by atoms with van der Waals surface area (Å²) in [5, 5.41) is 2.76. The van der Waals surface area contributed by atoms with E-state index in [-0.39, 0.29) is 12.5 Å². The van der Waals surface area contributed by atoms with Crippen molar-refractivity contribution in [2.24, 2.45) is 0 Å². The van der Waals surface area contributed by atoms with Crippen LogP contribution in [0.1, 0.15) is 6.92 Å². The Balaban J connectivity index is 1.71. The summed E-state index contributed by atoms with van der Waals surface area (Å²) >= 11 is 0. The Bertz CT molecular complexity index is 675. The van der Waals surface area contributed by atoms with Crippen LogP contribution in [0, 0.1) is 0 Å². The van der Waals surface area contributed by atoms with Crippen LogP contribution in [0.2, 0.25) is 0 Å². The molecule has 1 aliphatic heterocycles. The lowest BCUT2D eigenvalue weighted by Gasteiger charge is -2.25. The van der Waals surface area contributed by atoms with Gasteiger partial charge in [-0.25, -0.2) is 4.98 Å². The molecule has 0 unspecified atom stereocenters. The number of carbonyl (C=O) groups is 1. The first-order valence-corrected chi connectivity index (χ1v) is 7.05. The normalized spacial score (nSPS) is 16.0. The van der Waals surface area contributed by atoms with Crippen LogP contribution >= 0.6 is 0 Å². The van der Waals surface area contributed by atoms with E-state index in [1.54, 1.807) is 30.5 Å². The molecule has 2 aromatic rings. The summed E-state index contributed by atoms with van der Waals surface area (Å²) in [5.41, 5.74) is 0.511. The second kappa shape index (κ2) is 6.34. The maximum absolute atomic E-state index is 12.3. The van der Waals surface area contributed by atoms with Crippen LogP contribution in [-0.2, 0) is 4.79 Å². The first-order valence-electron chi connectivity index (χ1n) is 7.05. The molecule has 0 saturated carbocycles. The van der Waals surface area contributed by atoms with E-state index < -0.39 is 6.10 Å². The third-order valence-electron chi connectivity index (χ3n) is 3.11. The monoisotopic (exact) mass is 300 g/mol. The maximum Gasteiger partial charge on any atom is 0.269 e. The molecule has 0 spiro atoms. The molecule has 1 aliphatic rings. The quantitative estimate of drug-likeness (QED) is 0.938. The fraction of sp³-hybridized carbons (Fsp3) is 0.250. The Morgan fingerprint density at radius 3 is 2.95 bits per heavy atom. The molecular formula is C16H16N2O4. The Morgan fingerprint density at radius 2 is 2.14 bits per heavy atom. The molecule has 114 valence electrons. The van der Waals surface area contributed by atoms with Crippen molar-refractivity contribution in [2.45, 2.75) is 13.0 Å². The largest absolute Gasteiger partial charge is 0.485 e. The average molecular weight is 300 g/mol. The smallest absolute Gasteiger partial charge is 0.269 e. The van der Waals surface area contributed by atoms with Crippen LogP contribution in [0.4, 0.5) is 5.69 Å². The van der Waals surface area contributed by atoms with Crippen molar-refractivity contribution in [1.29, 1.82) is 0 Å². The highest BCUT2D eigenvalue weighted by molar-refractivity contribution is 5.95. The second-order valence-electron chi connectivity index (χ2n) is 4.64. The first-order chi connectivity index (χ1) is 10.8. The van der Waals surface area contributed by atoms with Crippen LogP contribution in [0.25, 0.3) is 0 Å². The second-order valence-corrected chi connectivity index (χ2v) is 4.64. The summed E-state index contributed by atoms with van der Waals surface area (Å²) in [6.07, 6.45) is 0.890. The van der Waals surface area contributed by atoms with E-state index in [0.29, 0.717) is 29.7 Å². The number of pyridine rings is 1. The number of rotatable bonds is 4. The van der Waals surface area contributed by atoms with Gasteiger partial charge in [-0.05, 0) is 31.2 Å². The first kappa shape index (κ1) is 14.2. The number of carbonyl (C=O) groups excluding carboxylic acids is 1. The van der Waals surface area contributed by atoms with Crippen molar-refractivity contribution in [3.63, 3.8) is 0 Å². The molecule has 1 aromatic heterocycles. The molecule has 1 atom stereocenters. The average Bonchev–Trinajstić information content (AvgIpc) is 2.56. The molecule has 0 fully saturated rings. The number of ether oxygens (including phenoxy) is 3. The summed E-state index contributed by atoms with van der Waals surface area (Å²) in [7, 11) is 0. The number of amides is 1. The Labute approximate surface area is 128 Å². The molecule has 1 amide bonds. The zero-order valence-corrected chi connectivity index (χ0v) is 12.1. The van der Waals surface area contributed by atoms with Gasteiger partial charge in [-0.1, -0.05) is 12.1 Å². The van der Waals surface area contributed by atoms with E-state index in [9.17, 15) is 4.79 Å². The van der Waals surface area contributed by atoms with Gasteiger partial charge in [0.2, 0.25) is 12.0 Å². The van der Waals surface area contributed by atoms with Gasteiger partial charge in [0.15, 0.2) is 11.5 Å². The highest BCUT2D eigenvalue weighted by Crippen LogP contribution is 2.31. The topological polar surface area (TPSA) is 69.7 Å². The Kier molecular flexibility index (Phi) is 4.09. The molecule has 1 aromatic carbocycles. The molecule has 22 heavy (non-hydrogen) atoms. The van der Waals surface area contributed by atoms with Gasteiger partial charge in [-0.15, -0.1) is 0 Å². The zero-order valence-electron chi connectivity index (χ0n) is 12.1. The van der Waals surface area contributed by atoms with E-state index in [4.69, 9.17) is 14.2 Å². The summed E-state index contributed by atoms with van der Waals surface area (Å²) in [6, 6.07) is 10.7. The predicted molar refractivity (Wildman–Crippen MR) is 80.4 cm³/mol. The molecule has 0 radical (unpaired) electrons. The minimum Gasteiger partial charge on any atom is -0.485 e. The molecule has 3 rings (SSSR count). The number of hydrogen-bond donors (Lipinski definition) is 1. The lowest BCUT2D eigenvalue weighted by Crippen LogP contribution is -2.40. The summed E-state index contributed by atoms with van der Waals surface area (Å²) < 4.78 is 16.6. The molecular weight excluding hydrogens is 284 g/mol. The van der Waals surface area contributed by atoms with Gasteiger partial charge in [-0.3, -0.25) is 4.79 Å². The van der Waals surface area contributed by atoms with Gasteiger partial charge in [-0.2, -0.15) is 0 Å². The zero-order chi connectivity index (χ0) is 15.4. The van der Waals surface area contributed by atoms with Crippen LogP contribution in [0.15, 0.2) is 42.6 Å². The van der Waals surface area contributed by atoms with Crippen LogP contribution in [0.5, 0.6) is 17.4 Å². The number of fused-ring (bicyclic) bond motifs is 1. The van der Waals surface area contributed by atoms with Gasteiger partial charge in [0.1, 0.15) is 12.3 Å². The number of hydrogen-bond acceptors (Lipinski definition) is 5. The molecule has 1 N–H and O–H groups in total. The van der Waals surface area contributed by atoms with Crippen molar-refractivity contribution >= 4 is 11.6 Å². The maximum atomic E-state index is 12.3. The standard InChI is InChI=1S/C16H16N2O4/c1-2-20-16-11(6-5-9-17-16)18-15(19)14-10-21-12-7-3-4-8-13(12)22-14/h3-9,14H,2,10H2,1H3,(H,18,19)/t14-/m1/s1. The van der Waals surface area contributed by atoms with Crippen molar-refractivity contribution in [3.8, 4) is 17.4 Å². The van der Waals surface area contributed by atoms with E-state index in [1.807, 2.05) is 19.1 Å². The van der Waals surface area contributed by atoms with Gasteiger partial charge in [0.25, 0.3) is 5.91 Å². The fourth-order valence-corrected chi connectivity index (χ4v) is 2.10. The lowest BCUT2D eigenvalue weighted by molar-refractivity contribution is -0.125. The predicted octanol–water partition coefficient (Wildman–Crippen LogP) is 2.26. The Morgan fingerprint density at radius 1 is 1.32 bits per heavy atom. The molecule has 0 saturated heterocycles. The van der Waals surface area contributed by atoms with E-state index in [0.717, 1.165) is 0 Å². The molecule has 0 aliphatic carbocycles. The molecule has 6 heteroatoms. The molecule has 0 bridgehead atoms. The van der Waals surface area contributed by atoms with Gasteiger partial charge < -0.3 is 19.5 Å². The third-order valence-corrected chi connectivity index (χ3v) is 3.11. The number of anilines is 1. The van der Waals surface area contributed by atoms with Crippen LogP contribution in [-0.4, -0.2) is 30.2 Å². The summed E-state index contributed by atoms with van der Waals surface area (Å²) in [5.74, 6) is 1.28. The number of aromatic nitrogens is 1. The number of nitrogens with zero attached hydrogens (tertiary/aromatic N) is 1. The third kappa shape index (κ3) is 2.95. The van der Waals surface area contributed by atoms with Crippen molar-refractivity contribution < 1.29 is 19.0 Å². The van der Waals surface area contributed by atoms with Crippen LogP contribution < -0.4 is 19.5 Å². The SMILES string of the molecule is CCOc1ncccc1NC(=O)[C@H]1COc2ccccc2O1. The summed E-state index contributed by atoms with van der Waals surface area (Å²) in [6.45, 7) is 2.48. The van der Waals surface area contributed by atoms with E-state index in [1.165, 1.54) is 0 Å². The molecule has 2 heterocycles. The fourth-order valence-electron chi connectivity index (χ4n) is 2.10. The highest BCUT2D eigenvalue weighted by Gasteiger charge is 2.27. The van der Waals surface area contributed by atoms with Crippen LogP contribution in [0.3, 0.4) is 0 Å². The highest BCUT2D eigenvalue weighted by atomic mass is 16.6. The number of nitrogens with one attached hydrogen (secondary N) is 1. The van der Waals surface area contributed by atoms with Gasteiger partial charge in [0, 0.05) is 6.20 Å². The number of para-hydroxylation sites is 2. The summed E-state index contributed by atoms with van der Waals surface area (Å²) in [4.78, 5) is 16.4. The van der Waals surface area contributed by atoms with Gasteiger partial charge >= 0.3 is 0 Å². The van der Waals surface area contributed by atoms with Crippen molar-refractivity contribution in [3.05, 3.63) is 42.6 Å². The van der Waals surface area contributed by atoms with Crippen molar-refractivity contribution in [2.75, 3.05) is 18.5 Å². The number of benzene rings is 1. The minimum absolute atomic E-state index is 0.160. The molecule has 6 nitrogen and oxygen atoms in total. The van der Waals surface area contributed by atoms with Crippen molar-refractivity contribution in [1.82, 2.24) is 4.98 Å². The van der Waals surface area contributed by atoms with Gasteiger partial charge in [0.05, 0.1) is 6.61 Å². The van der Waals surface area contributed by atoms with E-state index in [2.05, 4.69) is 10.3 Å². The Hall–Kier alpha value is -2.76. The van der Waals surface area contributed by atoms with E-state index >= 15 is 0 Å². The lowest BCUT2D eigenvalue weighted by atomic mass is 10.2.